The van der Waals surface area contributed by atoms with Gasteiger partial charge in [0.05, 0.1) is 18.0 Å². The predicted octanol–water partition coefficient (Wildman–Crippen LogP) is 0.588. The molecule has 0 bridgehead atoms. The van der Waals surface area contributed by atoms with Gasteiger partial charge in [0, 0.05) is 25.0 Å². The zero-order valence-corrected chi connectivity index (χ0v) is 13.8. The summed E-state index contributed by atoms with van der Waals surface area (Å²) in [6.45, 7) is 9.99. The fourth-order valence-electron chi connectivity index (χ4n) is 2.05. The number of hydrogen-bond acceptors (Lipinski definition) is 4. The van der Waals surface area contributed by atoms with E-state index in [-0.39, 0.29) is 30.4 Å². The first kappa shape index (κ1) is 17.4. The van der Waals surface area contributed by atoms with E-state index in [0.717, 1.165) is 0 Å². The topological polar surface area (TPSA) is 75.7 Å². The normalized spacial score (nSPS) is 25.4. The maximum Gasteiger partial charge on any atom is 0.225 e. The second-order valence-corrected chi connectivity index (χ2v) is 8.48. The molecule has 0 unspecified atom stereocenters. The largest absolute Gasteiger partial charge is 0.373 e. The Morgan fingerprint density at radius 2 is 1.75 bits per heavy atom. The lowest BCUT2D eigenvalue weighted by Crippen LogP contribution is -2.50. The summed E-state index contributed by atoms with van der Waals surface area (Å²) < 4.78 is 31.4. The van der Waals surface area contributed by atoms with E-state index in [9.17, 15) is 13.2 Å². The molecule has 0 aromatic heterocycles. The van der Waals surface area contributed by atoms with Crippen molar-refractivity contribution in [2.45, 2.75) is 46.8 Å². The molecule has 1 fully saturated rings. The van der Waals surface area contributed by atoms with E-state index in [0.29, 0.717) is 13.1 Å². The zero-order chi connectivity index (χ0) is 15.6. The first-order valence-corrected chi connectivity index (χ1v) is 8.55. The van der Waals surface area contributed by atoms with E-state index in [1.165, 1.54) is 4.31 Å². The maximum atomic E-state index is 12.2. The highest BCUT2D eigenvalue weighted by Gasteiger charge is 2.31. The van der Waals surface area contributed by atoms with Crippen molar-refractivity contribution in [1.29, 1.82) is 0 Å². The molecule has 118 valence electrons. The number of nitrogens with one attached hydrogen (secondary N) is 1. The number of ether oxygens (including phenoxy) is 1. The summed E-state index contributed by atoms with van der Waals surface area (Å²) in [7, 11) is -3.35. The van der Waals surface area contributed by atoms with Crippen LogP contribution in [0, 0.1) is 5.41 Å². The van der Waals surface area contributed by atoms with Gasteiger partial charge in [-0.2, -0.15) is 4.31 Å². The summed E-state index contributed by atoms with van der Waals surface area (Å²) in [5, 5.41) is 2.66. The van der Waals surface area contributed by atoms with Gasteiger partial charge in [-0.3, -0.25) is 4.79 Å². The Labute approximate surface area is 121 Å². The molecule has 1 amide bonds. The van der Waals surface area contributed by atoms with Crippen LogP contribution < -0.4 is 5.32 Å². The fraction of sp³-hybridized carbons (Fsp3) is 0.923. The number of rotatable bonds is 4. The van der Waals surface area contributed by atoms with Crippen molar-refractivity contribution < 1.29 is 17.9 Å². The summed E-state index contributed by atoms with van der Waals surface area (Å²) in [6.07, 6.45) is -0.199. The summed E-state index contributed by atoms with van der Waals surface area (Å²) in [4.78, 5) is 11.7. The average molecular weight is 306 g/mol. The Morgan fingerprint density at radius 3 is 2.20 bits per heavy atom. The monoisotopic (exact) mass is 306 g/mol. The van der Waals surface area contributed by atoms with Crippen LogP contribution in [0.5, 0.6) is 0 Å². The van der Waals surface area contributed by atoms with Crippen LogP contribution in [0.15, 0.2) is 0 Å². The van der Waals surface area contributed by atoms with Gasteiger partial charge in [-0.25, -0.2) is 8.42 Å². The number of morpholine rings is 1. The van der Waals surface area contributed by atoms with Crippen LogP contribution in [0.2, 0.25) is 0 Å². The Hall–Kier alpha value is -0.660. The van der Waals surface area contributed by atoms with Crippen molar-refractivity contribution >= 4 is 15.9 Å². The quantitative estimate of drug-likeness (QED) is 0.825. The van der Waals surface area contributed by atoms with Gasteiger partial charge >= 0.3 is 0 Å². The second kappa shape index (κ2) is 6.41. The highest BCUT2D eigenvalue weighted by atomic mass is 32.2. The average Bonchev–Trinajstić information content (AvgIpc) is 2.25. The van der Waals surface area contributed by atoms with Gasteiger partial charge in [0.25, 0.3) is 0 Å². The molecule has 0 aromatic carbocycles. The molecule has 1 aliphatic rings. The van der Waals surface area contributed by atoms with E-state index in [2.05, 4.69) is 5.32 Å². The summed E-state index contributed by atoms with van der Waals surface area (Å²) in [5.74, 6) is -0.217. The minimum Gasteiger partial charge on any atom is -0.373 e. The van der Waals surface area contributed by atoms with Gasteiger partial charge in [-0.1, -0.05) is 20.8 Å². The third kappa shape index (κ3) is 5.03. The third-order valence-electron chi connectivity index (χ3n) is 3.11. The molecule has 1 aliphatic heterocycles. The van der Waals surface area contributed by atoms with Crippen LogP contribution in [0.25, 0.3) is 0 Å². The van der Waals surface area contributed by atoms with Gasteiger partial charge in [0.2, 0.25) is 15.9 Å². The van der Waals surface area contributed by atoms with Crippen LogP contribution in [0.4, 0.5) is 0 Å². The molecule has 1 rings (SSSR count). The molecule has 0 aliphatic carbocycles. The minimum absolute atomic E-state index is 0.0751. The Kier molecular flexibility index (Phi) is 5.57. The lowest BCUT2D eigenvalue weighted by molar-refractivity contribution is -0.128. The van der Waals surface area contributed by atoms with Crippen LogP contribution in [0.3, 0.4) is 0 Å². The first-order valence-electron chi connectivity index (χ1n) is 6.94. The van der Waals surface area contributed by atoms with Gasteiger partial charge < -0.3 is 10.1 Å². The van der Waals surface area contributed by atoms with E-state index >= 15 is 0 Å². The number of nitrogens with zero attached hydrogens (tertiary/aromatic N) is 1. The molecule has 1 N–H and O–H groups in total. The van der Waals surface area contributed by atoms with Gasteiger partial charge in [0.15, 0.2) is 0 Å². The van der Waals surface area contributed by atoms with Crippen molar-refractivity contribution in [2.24, 2.45) is 5.41 Å². The van der Waals surface area contributed by atoms with Crippen molar-refractivity contribution in [2.75, 3.05) is 25.4 Å². The summed E-state index contributed by atoms with van der Waals surface area (Å²) in [5.41, 5.74) is -0.508. The van der Waals surface area contributed by atoms with Gasteiger partial charge in [-0.05, 0) is 13.8 Å². The first-order chi connectivity index (χ1) is 9.02. The lowest BCUT2D eigenvalue weighted by Gasteiger charge is -2.34. The number of amides is 1. The summed E-state index contributed by atoms with van der Waals surface area (Å²) in [6, 6.07) is 0. The Bertz CT molecular complexity index is 432. The number of carbonyl (C=O) groups is 1. The molecule has 7 heteroatoms. The second-order valence-electron chi connectivity index (χ2n) is 6.40. The van der Waals surface area contributed by atoms with Crippen LogP contribution in [-0.2, 0) is 19.6 Å². The van der Waals surface area contributed by atoms with E-state index in [1.54, 1.807) is 20.8 Å². The molecule has 0 spiro atoms. The van der Waals surface area contributed by atoms with E-state index in [1.807, 2.05) is 13.8 Å². The minimum atomic E-state index is -3.35. The fourth-order valence-corrected chi connectivity index (χ4v) is 3.54. The maximum absolute atomic E-state index is 12.2. The van der Waals surface area contributed by atoms with Crippen molar-refractivity contribution in [1.82, 2.24) is 9.62 Å². The SMILES string of the molecule is C[C@@H]1CN(S(=O)(=O)CCNC(=O)C(C)(C)C)C[C@@H](C)O1. The Morgan fingerprint density at radius 1 is 1.25 bits per heavy atom. The lowest BCUT2D eigenvalue weighted by atomic mass is 9.96. The molecule has 1 heterocycles. The standard InChI is InChI=1S/C13H26N2O4S/c1-10-8-15(9-11(2)19-10)20(17,18)7-6-14-12(16)13(3,4)5/h10-11H,6-9H2,1-5H3,(H,14,16)/t10-,11-/m1/s1. The van der Waals surface area contributed by atoms with Gasteiger partial charge in [-0.15, -0.1) is 0 Å². The van der Waals surface area contributed by atoms with Crippen LogP contribution in [0.1, 0.15) is 34.6 Å². The molecular formula is C13H26N2O4S. The highest BCUT2D eigenvalue weighted by molar-refractivity contribution is 7.89. The molecule has 20 heavy (non-hydrogen) atoms. The molecular weight excluding hydrogens is 280 g/mol. The zero-order valence-electron chi connectivity index (χ0n) is 13.0. The van der Waals surface area contributed by atoms with Gasteiger partial charge in [0.1, 0.15) is 0 Å². The van der Waals surface area contributed by atoms with Crippen molar-refractivity contribution in [3.8, 4) is 0 Å². The molecule has 0 radical (unpaired) electrons. The summed E-state index contributed by atoms with van der Waals surface area (Å²) >= 11 is 0. The van der Waals surface area contributed by atoms with Crippen LogP contribution >= 0.6 is 0 Å². The Balaban J connectivity index is 2.52. The molecule has 2 atom stereocenters. The number of sulfonamides is 1. The highest BCUT2D eigenvalue weighted by Crippen LogP contribution is 2.15. The number of carbonyl (C=O) groups excluding carboxylic acids is 1. The van der Waals surface area contributed by atoms with E-state index < -0.39 is 15.4 Å². The molecule has 1 saturated heterocycles. The smallest absolute Gasteiger partial charge is 0.225 e. The third-order valence-corrected chi connectivity index (χ3v) is 4.91. The molecule has 0 saturated carbocycles. The van der Waals surface area contributed by atoms with E-state index in [4.69, 9.17) is 4.74 Å². The predicted molar refractivity (Wildman–Crippen MR) is 77.8 cm³/mol. The molecule has 6 nitrogen and oxygen atoms in total. The van der Waals surface area contributed by atoms with Crippen LogP contribution in [-0.4, -0.2) is 56.2 Å². The number of hydrogen-bond donors (Lipinski definition) is 1. The van der Waals surface area contributed by atoms with Crippen molar-refractivity contribution in [3.05, 3.63) is 0 Å². The van der Waals surface area contributed by atoms with Crippen molar-refractivity contribution in [3.63, 3.8) is 0 Å². The molecule has 0 aromatic rings.